The van der Waals surface area contributed by atoms with Crippen LogP contribution in [0.3, 0.4) is 0 Å². The molecule has 8 heteroatoms. The molecule has 1 saturated carbocycles. The van der Waals surface area contributed by atoms with Crippen LogP contribution in [0.25, 0.3) is 0 Å². The molecule has 0 atom stereocenters. The van der Waals surface area contributed by atoms with Crippen LogP contribution in [-0.4, -0.2) is 34.8 Å². The average Bonchev–Trinajstić information content (AvgIpc) is 3.04. The first-order chi connectivity index (χ1) is 10.9. The average molecular weight is 356 g/mol. The summed E-state index contributed by atoms with van der Waals surface area (Å²) >= 11 is 11.8. The molecule has 0 unspecified atom stereocenters. The van der Waals surface area contributed by atoms with Gasteiger partial charge in [0.1, 0.15) is 12.1 Å². The summed E-state index contributed by atoms with van der Waals surface area (Å²) in [5.74, 6) is -0.815. The van der Waals surface area contributed by atoms with Crippen LogP contribution in [0.4, 0.5) is 10.5 Å². The van der Waals surface area contributed by atoms with Crippen LogP contribution in [0.2, 0.25) is 10.0 Å². The van der Waals surface area contributed by atoms with E-state index in [9.17, 15) is 14.4 Å². The molecule has 1 saturated heterocycles. The second-order valence-corrected chi connectivity index (χ2v) is 6.63. The van der Waals surface area contributed by atoms with E-state index in [0.29, 0.717) is 23.6 Å². The van der Waals surface area contributed by atoms with Gasteiger partial charge in [-0.05, 0) is 31.0 Å². The van der Waals surface area contributed by atoms with Crippen molar-refractivity contribution in [1.82, 2.24) is 10.2 Å². The summed E-state index contributed by atoms with van der Waals surface area (Å²) in [7, 11) is 0. The van der Waals surface area contributed by atoms with Crippen LogP contribution in [0.1, 0.15) is 25.7 Å². The topological polar surface area (TPSA) is 78.5 Å². The van der Waals surface area contributed by atoms with Crippen molar-refractivity contribution in [2.45, 2.75) is 31.2 Å². The molecule has 2 N–H and O–H groups in total. The van der Waals surface area contributed by atoms with Crippen LogP contribution in [0.5, 0.6) is 0 Å². The van der Waals surface area contributed by atoms with Crippen LogP contribution < -0.4 is 10.6 Å². The molecular formula is C15H15Cl2N3O3. The maximum Gasteiger partial charge on any atom is 0.325 e. The van der Waals surface area contributed by atoms with Crippen molar-refractivity contribution in [3.8, 4) is 0 Å². The first kappa shape index (κ1) is 16.1. The summed E-state index contributed by atoms with van der Waals surface area (Å²) in [5, 5.41) is 6.05. The molecule has 6 nitrogen and oxygen atoms in total. The number of urea groups is 1. The number of anilines is 1. The predicted octanol–water partition coefficient (Wildman–Crippen LogP) is 2.80. The third kappa shape index (κ3) is 3.01. The monoisotopic (exact) mass is 355 g/mol. The van der Waals surface area contributed by atoms with Gasteiger partial charge >= 0.3 is 6.03 Å². The van der Waals surface area contributed by atoms with Gasteiger partial charge in [0.25, 0.3) is 5.91 Å². The molecule has 23 heavy (non-hydrogen) atoms. The van der Waals surface area contributed by atoms with Crippen molar-refractivity contribution < 1.29 is 14.4 Å². The molecule has 2 aliphatic rings. The molecule has 2 fully saturated rings. The SMILES string of the molecule is O=C(CN1C(=O)NC2(CCCC2)C1=O)Nc1ccc(Cl)cc1Cl. The lowest BCUT2D eigenvalue weighted by Gasteiger charge is -2.19. The molecule has 1 aliphatic heterocycles. The number of benzene rings is 1. The number of hydrogen-bond donors (Lipinski definition) is 2. The third-order valence-electron chi connectivity index (χ3n) is 4.21. The predicted molar refractivity (Wildman–Crippen MR) is 86.5 cm³/mol. The number of nitrogens with one attached hydrogen (secondary N) is 2. The lowest BCUT2D eigenvalue weighted by Crippen LogP contribution is -2.44. The molecule has 4 amide bonds. The van der Waals surface area contributed by atoms with E-state index in [1.165, 1.54) is 6.07 Å². The van der Waals surface area contributed by atoms with E-state index in [4.69, 9.17) is 23.2 Å². The van der Waals surface area contributed by atoms with Gasteiger partial charge in [-0.1, -0.05) is 36.0 Å². The van der Waals surface area contributed by atoms with Crippen molar-refractivity contribution in [3.05, 3.63) is 28.2 Å². The number of halogens is 2. The molecule has 0 aromatic heterocycles. The van der Waals surface area contributed by atoms with Gasteiger partial charge in [0, 0.05) is 5.02 Å². The molecule has 1 aromatic rings. The van der Waals surface area contributed by atoms with E-state index in [1.807, 2.05) is 0 Å². The van der Waals surface area contributed by atoms with Crippen LogP contribution in [0, 0.1) is 0 Å². The zero-order valence-electron chi connectivity index (χ0n) is 12.2. The summed E-state index contributed by atoms with van der Waals surface area (Å²) in [6, 6.07) is 4.13. The Labute approximate surface area is 143 Å². The number of rotatable bonds is 3. The molecule has 3 rings (SSSR count). The van der Waals surface area contributed by atoms with E-state index in [-0.39, 0.29) is 17.5 Å². The normalized spacial score (nSPS) is 19.3. The highest BCUT2D eigenvalue weighted by molar-refractivity contribution is 6.36. The molecule has 122 valence electrons. The first-order valence-electron chi connectivity index (χ1n) is 7.30. The standard InChI is InChI=1S/C15H15Cl2N3O3/c16-9-3-4-11(10(17)7-9)18-12(21)8-20-13(22)15(19-14(20)23)5-1-2-6-15/h3-4,7H,1-2,5-6,8H2,(H,18,21)(H,19,23). The second-order valence-electron chi connectivity index (χ2n) is 5.78. The van der Waals surface area contributed by atoms with Gasteiger partial charge in [-0.3, -0.25) is 14.5 Å². The third-order valence-corrected chi connectivity index (χ3v) is 4.76. The summed E-state index contributed by atoms with van der Waals surface area (Å²) in [4.78, 5) is 37.6. The fraction of sp³-hybridized carbons (Fsp3) is 0.400. The van der Waals surface area contributed by atoms with E-state index in [1.54, 1.807) is 12.1 Å². The Balaban J connectivity index is 1.68. The zero-order valence-corrected chi connectivity index (χ0v) is 13.7. The number of carbonyl (C=O) groups is 3. The Morgan fingerprint density at radius 1 is 1.26 bits per heavy atom. The molecule has 1 aliphatic carbocycles. The van der Waals surface area contributed by atoms with Gasteiger partial charge in [0.2, 0.25) is 5.91 Å². The van der Waals surface area contributed by atoms with Gasteiger partial charge in [-0.2, -0.15) is 0 Å². The van der Waals surface area contributed by atoms with Crippen LogP contribution in [0.15, 0.2) is 18.2 Å². The summed E-state index contributed by atoms with van der Waals surface area (Å²) < 4.78 is 0. The maximum absolute atomic E-state index is 12.5. The van der Waals surface area contributed by atoms with Gasteiger partial charge < -0.3 is 10.6 Å². The number of nitrogens with zero attached hydrogens (tertiary/aromatic N) is 1. The highest BCUT2D eigenvalue weighted by Gasteiger charge is 2.52. The molecule has 1 heterocycles. The van der Waals surface area contributed by atoms with E-state index < -0.39 is 17.5 Å². The van der Waals surface area contributed by atoms with Gasteiger partial charge in [-0.25, -0.2) is 4.79 Å². The first-order valence-corrected chi connectivity index (χ1v) is 8.06. The maximum atomic E-state index is 12.5. The minimum Gasteiger partial charge on any atom is -0.323 e. The van der Waals surface area contributed by atoms with Crippen LogP contribution >= 0.6 is 23.2 Å². The van der Waals surface area contributed by atoms with E-state index in [2.05, 4.69) is 10.6 Å². The van der Waals surface area contributed by atoms with Crippen molar-refractivity contribution in [3.63, 3.8) is 0 Å². The second kappa shape index (κ2) is 6.02. The van der Waals surface area contributed by atoms with Gasteiger partial charge in [-0.15, -0.1) is 0 Å². The Morgan fingerprint density at radius 3 is 2.61 bits per heavy atom. The molecule has 1 aromatic carbocycles. The van der Waals surface area contributed by atoms with Gasteiger partial charge in [0.15, 0.2) is 0 Å². The van der Waals surface area contributed by atoms with E-state index in [0.717, 1.165) is 17.7 Å². The molecule has 0 radical (unpaired) electrons. The number of amides is 4. The van der Waals surface area contributed by atoms with E-state index >= 15 is 0 Å². The Hall–Kier alpha value is -1.79. The number of imide groups is 1. The van der Waals surface area contributed by atoms with Crippen molar-refractivity contribution in [2.24, 2.45) is 0 Å². The fourth-order valence-electron chi connectivity index (χ4n) is 3.06. The largest absolute Gasteiger partial charge is 0.325 e. The fourth-order valence-corrected chi connectivity index (χ4v) is 3.52. The smallest absolute Gasteiger partial charge is 0.323 e. The van der Waals surface area contributed by atoms with Crippen LogP contribution in [-0.2, 0) is 9.59 Å². The zero-order chi connectivity index (χ0) is 16.6. The summed E-state index contributed by atoms with van der Waals surface area (Å²) in [5.41, 5.74) is -0.432. The Morgan fingerprint density at radius 2 is 1.96 bits per heavy atom. The van der Waals surface area contributed by atoms with Crippen molar-refractivity contribution >= 4 is 46.7 Å². The Bertz CT molecular complexity index is 687. The van der Waals surface area contributed by atoms with Gasteiger partial charge in [0.05, 0.1) is 10.7 Å². The highest BCUT2D eigenvalue weighted by atomic mass is 35.5. The minimum atomic E-state index is -0.810. The number of carbonyl (C=O) groups excluding carboxylic acids is 3. The lowest BCUT2D eigenvalue weighted by atomic mass is 9.98. The number of hydrogen-bond acceptors (Lipinski definition) is 3. The van der Waals surface area contributed by atoms with Crippen molar-refractivity contribution in [2.75, 3.05) is 11.9 Å². The summed E-state index contributed by atoms with van der Waals surface area (Å²) in [6.07, 6.45) is 3.04. The molecule has 1 spiro atoms. The highest BCUT2D eigenvalue weighted by Crippen LogP contribution is 2.35. The summed E-state index contributed by atoms with van der Waals surface area (Å²) in [6.45, 7) is -0.342. The minimum absolute atomic E-state index is 0.287. The lowest BCUT2D eigenvalue weighted by molar-refractivity contribution is -0.133. The Kier molecular flexibility index (Phi) is 4.21. The van der Waals surface area contributed by atoms with Crippen molar-refractivity contribution in [1.29, 1.82) is 0 Å². The molecular weight excluding hydrogens is 341 g/mol. The quantitative estimate of drug-likeness (QED) is 0.818. The molecule has 0 bridgehead atoms.